The molecule has 0 saturated carbocycles. The first kappa shape index (κ1) is 11.2. The summed E-state index contributed by atoms with van der Waals surface area (Å²) in [6, 6.07) is 1.26. The summed E-state index contributed by atoms with van der Waals surface area (Å²) in [5, 5.41) is 13.7. The highest BCUT2D eigenvalue weighted by Crippen LogP contribution is 2.34. The minimum absolute atomic E-state index is 0.111. The highest BCUT2D eigenvalue weighted by Gasteiger charge is 2.20. The van der Waals surface area contributed by atoms with Crippen LogP contribution in [0.2, 0.25) is 0 Å². The summed E-state index contributed by atoms with van der Waals surface area (Å²) >= 11 is 1.04. The van der Waals surface area contributed by atoms with Crippen molar-refractivity contribution in [3.63, 3.8) is 0 Å². The number of hydrogen-bond donors (Lipinski definition) is 1. The van der Waals surface area contributed by atoms with E-state index in [1.807, 2.05) is 0 Å². The van der Waals surface area contributed by atoms with Crippen LogP contribution in [0.15, 0.2) is 6.07 Å². The molecular formula is C9H8N2O3S. The van der Waals surface area contributed by atoms with Crippen LogP contribution >= 0.6 is 11.3 Å². The van der Waals surface area contributed by atoms with E-state index in [1.54, 1.807) is 0 Å². The van der Waals surface area contributed by atoms with Gasteiger partial charge in [0, 0.05) is 6.07 Å². The van der Waals surface area contributed by atoms with Gasteiger partial charge in [-0.05, 0) is 6.92 Å². The van der Waals surface area contributed by atoms with Gasteiger partial charge in [-0.2, -0.15) is 0 Å². The monoisotopic (exact) mass is 224 g/mol. The van der Waals surface area contributed by atoms with Crippen molar-refractivity contribution in [2.75, 3.05) is 11.9 Å². The Hall–Kier alpha value is -1.87. The van der Waals surface area contributed by atoms with Crippen LogP contribution in [0.25, 0.3) is 0 Å². The predicted octanol–water partition coefficient (Wildman–Crippen LogP) is 1.90. The van der Waals surface area contributed by atoms with E-state index in [2.05, 4.69) is 11.2 Å². The van der Waals surface area contributed by atoms with Gasteiger partial charge in [-0.15, -0.1) is 17.8 Å². The van der Waals surface area contributed by atoms with E-state index in [1.165, 1.54) is 13.0 Å². The lowest BCUT2D eigenvalue weighted by atomic mass is 10.3. The predicted molar refractivity (Wildman–Crippen MR) is 58.3 cm³/mol. The van der Waals surface area contributed by atoms with Crippen LogP contribution in [0.3, 0.4) is 0 Å². The standard InChI is InChI=1S/C9H8N2O3S/c1-3-4-10-9-7(11(13)14)5-8(15-9)6(2)12/h1,5,10H,4H2,2H3. The van der Waals surface area contributed by atoms with Crippen molar-refractivity contribution in [3.05, 3.63) is 21.1 Å². The second-order valence-corrected chi connectivity index (χ2v) is 3.75. The van der Waals surface area contributed by atoms with E-state index in [0.717, 1.165) is 11.3 Å². The van der Waals surface area contributed by atoms with Gasteiger partial charge in [0.2, 0.25) is 0 Å². The third-order valence-corrected chi connectivity index (χ3v) is 2.79. The average Bonchev–Trinajstić information content (AvgIpc) is 2.58. The topological polar surface area (TPSA) is 72.2 Å². The number of nitrogens with zero attached hydrogens (tertiary/aromatic N) is 1. The van der Waals surface area contributed by atoms with Crippen molar-refractivity contribution in [2.45, 2.75) is 6.92 Å². The van der Waals surface area contributed by atoms with Crippen molar-refractivity contribution in [1.29, 1.82) is 0 Å². The molecule has 0 aromatic carbocycles. The zero-order valence-corrected chi connectivity index (χ0v) is 8.76. The Bertz CT molecular complexity index is 445. The first-order valence-electron chi connectivity index (χ1n) is 4.02. The fourth-order valence-electron chi connectivity index (χ4n) is 0.948. The molecule has 0 atom stereocenters. The SMILES string of the molecule is C#CCNc1sc(C(C)=O)cc1[N+](=O)[O-]. The number of rotatable bonds is 4. The van der Waals surface area contributed by atoms with Crippen LogP contribution in [0, 0.1) is 22.5 Å². The van der Waals surface area contributed by atoms with Gasteiger partial charge in [-0.3, -0.25) is 14.9 Å². The van der Waals surface area contributed by atoms with Crippen molar-refractivity contribution in [1.82, 2.24) is 0 Å². The van der Waals surface area contributed by atoms with Gasteiger partial charge >= 0.3 is 5.69 Å². The molecule has 0 fully saturated rings. The van der Waals surface area contributed by atoms with E-state index in [0.29, 0.717) is 9.88 Å². The smallest absolute Gasteiger partial charge is 0.304 e. The first-order chi connectivity index (χ1) is 7.06. The molecule has 0 aliphatic rings. The second-order valence-electron chi connectivity index (χ2n) is 2.70. The molecule has 0 bridgehead atoms. The van der Waals surface area contributed by atoms with Crippen molar-refractivity contribution in [3.8, 4) is 12.3 Å². The minimum atomic E-state index is -0.540. The minimum Gasteiger partial charge on any atom is -0.360 e. The summed E-state index contributed by atoms with van der Waals surface area (Å²) in [6.07, 6.45) is 5.02. The highest BCUT2D eigenvalue weighted by molar-refractivity contribution is 7.18. The molecular weight excluding hydrogens is 216 g/mol. The molecule has 5 nitrogen and oxygen atoms in total. The van der Waals surface area contributed by atoms with Crippen molar-refractivity contribution < 1.29 is 9.72 Å². The summed E-state index contributed by atoms with van der Waals surface area (Å²) in [6.45, 7) is 1.55. The summed E-state index contributed by atoms with van der Waals surface area (Å²) in [5.74, 6) is 2.11. The Kier molecular flexibility index (Phi) is 3.42. The lowest BCUT2D eigenvalue weighted by Gasteiger charge is -1.96. The molecule has 0 radical (unpaired) electrons. The third-order valence-electron chi connectivity index (χ3n) is 1.61. The number of carbonyl (C=O) groups is 1. The fraction of sp³-hybridized carbons (Fsp3) is 0.222. The number of ketones is 1. The Morgan fingerprint density at radius 3 is 2.93 bits per heavy atom. The second kappa shape index (κ2) is 4.57. The molecule has 1 rings (SSSR count). The van der Waals surface area contributed by atoms with Gasteiger partial charge in [0.15, 0.2) is 10.8 Å². The van der Waals surface area contributed by atoms with Gasteiger partial charge in [-0.25, -0.2) is 0 Å². The van der Waals surface area contributed by atoms with E-state index in [4.69, 9.17) is 6.42 Å². The molecule has 1 aromatic heterocycles. The van der Waals surface area contributed by atoms with Crippen LogP contribution in [-0.4, -0.2) is 17.3 Å². The van der Waals surface area contributed by atoms with E-state index < -0.39 is 4.92 Å². The molecule has 15 heavy (non-hydrogen) atoms. The Balaban J connectivity index is 3.07. The summed E-state index contributed by atoms with van der Waals surface area (Å²) < 4.78 is 0. The van der Waals surface area contributed by atoms with Crippen LogP contribution < -0.4 is 5.32 Å². The zero-order valence-electron chi connectivity index (χ0n) is 7.94. The van der Waals surface area contributed by atoms with Gasteiger partial charge in [0.25, 0.3) is 0 Å². The molecule has 0 aliphatic heterocycles. The van der Waals surface area contributed by atoms with Crippen molar-refractivity contribution >= 4 is 27.8 Å². The lowest BCUT2D eigenvalue weighted by molar-refractivity contribution is -0.383. The Labute approximate surface area is 90.3 Å². The fourth-order valence-corrected chi connectivity index (χ4v) is 1.87. The molecule has 0 unspecified atom stereocenters. The number of terminal acetylenes is 1. The number of nitro groups is 1. The van der Waals surface area contributed by atoms with Crippen molar-refractivity contribution in [2.24, 2.45) is 0 Å². The maximum absolute atomic E-state index is 11.0. The van der Waals surface area contributed by atoms with Gasteiger partial charge in [0.1, 0.15) is 0 Å². The van der Waals surface area contributed by atoms with E-state index >= 15 is 0 Å². The van der Waals surface area contributed by atoms with Crippen LogP contribution in [0.4, 0.5) is 10.7 Å². The lowest BCUT2D eigenvalue weighted by Crippen LogP contribution is -1.98. The van der Waals surface area contributed by atoms with E-state index in [-0.39, 0.29) is 18.0 Å². The number of carbonyl (C=O) groups excluding carboxylic acids is 1. The molecule has 1 N–H and O–H groups in total. The summed E-state index contributed by atoms with van der Waals surface area (Å²) in [7, 11) is 0. The maximum Gasteiger partial charge on any atom is 0.304 e. The largest absolute Gasteiger partial charge is 0.360 e. The maximum atomic E-state index is 11.0. The van der Waals surface area contributed by atoms with Gasteiger partial charge < -0.3 is 5.32 Å². The normalized spacial score (nSPS) is 9.33. The first-order valence-corrected chi connectivity index (χ1v) is 4.84. The van der Waals surface area contributed by atoms with Crippen LogP contribution in [0.1, 0.15) is 16.6 Å². The number of Topliss-reactive ketones (excluding diaryl/α,β-unsaturated/α-hetero) is 1. The molecule has 0 saturated heterocycles. The quantitative estimate of drug-likeness (QED) is 0.367. The van der Waals surface area contributed by atoms with E-state index in [9.17, 15) is 14.9 Å². The highest BCUT2D eigenvalue weighted by atomic mass is 32.1. The number of thiophene rings is 1. The summed E-state index contributed by atoms with van der Waals surface area (Å²) in [5.41, 5.74) is -0.111. The molecule has 6 heteroatoms. The van der Waals surface area contributed by atoms with Crippen LogP contribution in [-0.2, 0) is 0 Å². The third kappa shape index (κ3) is 2.54. The van der Waals surface area contributed by atoms with Crippen LogP contribution in [0.5, 0.6) is 0 Å². The number of anilines is 1. The molecule has 78 valence electrons. The molecule has 0 spiro atoms. The Morgan fingerprint density at radius 1 is 1.80 bits per heavy atom. The molecule has 0 amide bonds. The van der Waals surface area contributed by atoms with Gasteiger partial charge in [0.05, 0.1) is 16.3 Å². The Morgan fingerprint density at radius 2 is 2.47 bits per heavy atom. The molecule has 1 heterocycles. The summed E-state index contributed by atoms with van der Waals surface area (Å²) in [4.78, 5) is 21.5. The molecule has 0 aliphatic carbocycles. The number of nitrogens with one attached hydrogen (secondary N) is 1. The number of hydrogen-bond acceptors (Lipinski definition) is 5. The van der Waals surface area contributed by atoms with Gasteiger partial charge in [-0.1, -0.05) is 5.92 Å². The zero-order chi connectivity index (χ0) is 11.4. The molecule has 1 aromatic rings. The average molecular weight is 224 g/mol.